The van der Waals surface area contributed by atoms with Crippen LogP contribution in [-0.4, -0.2) is 41.1 Å². The highest BCUT2D eigenvalue weighted by Crippen LogP contribution is 2.24. The molecule has 0 spiro atoms. The number of carbonyl (C=O) groups excluding carboxylic acids is 1. The van der Waals surface area contributed by atoms with E-state index in [2.05, 4.69) is 0 Å². The molecule has 0 saturated heterocycles. The molecule has 1 N–H and O–H groups in total. The fraction of sp³-hybridized carbons (Fsp3) is 0.273. The molecule has 0 radical (unpaired) electrons. The molecule has 0 aliphatic heterocycles. The number of carbonyl (C=O) groups is 2. The van der Waals surface area contributed by atoms with Gasteiger partial charge in [0, 0.05) is 5.56 Å². The topological polar surface area (TPSA) is 57.6 Å². The van der Waals surface area contributed by atoms with Crippen molar-refractivity contribution in [2.24, 2.45) is 0 Å². The Balaban J connectivity index is 3.02. The summed E-state index contributed by atoms with van der Waals surface area (Å²) in [6, 6.07) is 3.49. The summed E-state index contributed by atoms with van der Waals surface area (Å²) in [7, 11) is 0. The second kappa shape index (κ2) is 6.32. The summed E-state index contributed by atoms with van der Waals surface area (Å²) in [5.74, 6) is -2.65. The number of nitrogens with zero attached hydrogens (tertiary/aromatic N) is 1. The lowest BCUT2D eigenvalue weighted by Gasteiger charge is -2.22. The van der Waals surface area contributed by atoms with Gasteiger partial charge in [0.1, 0.15) is 13.1 Å². The number of hydrogen-bond donors (Lipinski definition) is 1. The first-order chi connectivity index (χ1) is 9.10. The van der Waals surface area contributed by atoms with Gasteiger partial charge in [0.25, 0.3) is 5.91 Å². The molecule has 0 saturated carbocycles. The first kappa shape index (κ1) is 16.6. The molecule has 0 aliphatic rings. The molecular formula is C11H8Cl2F3NO3. The summed E-state index contributed by atoms with van der Waals surface area (Å²) in [4.78, 5) is 22.6. The van der Waals surface area contributed by atoms with E-state index in [0.29, 0.717) is 0 Å². The van der Waals surface area contributed by atoms with E-state index >= 15 is 0 Å². The van der Waals surface area contributed by atoms with Crippen molar-refractivity contribution in [1.82, 2.24) is 4.90 Å². The maximum Gasteiger partial charge on any atom is 0.406 e. The minimum atomic E-state index is -4.71. The van der Waals surface area contributed by atoms with Crippen molar-refractivity contribution in [1.29, 1.82) is 0 Å². The van der Waals surface area contributed by atoms with Gasteiger partial charge in [0.15, 0.2) is 0 Å². The van der Waals surface area contributed by atoms with Crippen LogP contribution in [0.15, 0.2) is 18.2 Å². The van der Waals surface area contributed by atoms with Gasteiger partial charge in [-0.3, -0.25) is 9.59 Å². The van der Waals surface area contributed by atoms with Crippen LogP contribution in [0.5, 0.6) is 0 Å². The SMILES string of the molecule is O=C(O)CN(CC(F)(F)F)C(=O)c1ccc(Cl)c(Cl)c1. The van der Waals surface area contributed by atoms with Crippen molar-refractivity contribution in [2.75, 3.05) is 13.1 Å². The Morgan fingerprint density at radius 3 is 2.25 bits per heavy atom. The molecule has 0 aromatic heterocycles. The summed E-state index contributed by atoms with van der Waals surface area (Å²) in [6.07, 6.45) is -4.71. The van der Waals surface area contributed by atoms with Gasteiger partial charge in [-0.05, 0) is 18.2 Å². The summed E-state index contributed by atoms with van der Waals surface area (Å²) in [6.45, 7) is -2.74. The molecule has 9 heteroatoms. The average molecular weight is 330 g/mol. The molecule has 1 rings (SSSR count). The van der Waals surface area contributed by atoms with Crippen molar-refractivity contribution in [2.45, 2.75) is 6.18 Å². The minimum Gasteiger partial charge on any atom is -0.480 e. The highest BCUT2D eigenvalue weighted by Gasteiger charge is 2.34. The van der Waals surface area contributed by atoms with Crippen LogP contribution in [-0.2, 0) is 4.79 Å². The van der Waals surface area contributed by atoms with E-state index in [1.54, 1.807) is 0 Å². The number of carboxylic acid groups (broad SMARTS) is 1. The first-order valence-electron chi connectivity index (χ1n) is 5.13. The fourth-order valence-electron chi connectivity index (χ4n) is 1.39. The van der Waals surface area contributed by atoms with Crippen molar-refractivity contribution in [3.05, 3.63) is 33.8 Å². The van der Waals surface area contributed by atoms with Crippen LogP contribution in [0.4, 0.5) is 13.2 Å². The Morgan fingerprint density at radius 1 is 1.20 bits per heavy atom. The molecule has 0 unspecified atom stereocenters. The first-order valence-corrected chi connectivity index (χ1v) is 5.88. The second-order valence-electron chi connectivity index (χ2n) is 3.80. The number of benzene rings is 1. The van der Waals surface area contributed by atoms with E-state index in [1.165, 1.54) is 12.1 Å². The molecule has 110 valence electrons. The van der Waals surface area contributed by atoms with Crippen LogP contribution in [0.2, 0.25) is 10.0 Å². The van der Waals surface area contributed by atoms with E-state index in [4.69, 9.17) is 28.3 Å². The zero-order chi connectivity index (χ0) is 15.5. The average Bonchev–Trinajstić information content (AvgIpc) is 2.28. The van der Waals surface area contributed by atoms with Gasteiger partial charge in [0.2, 0.25) is 0 Å². The van der Waals surface area contributed by atoms with Gasteiger partial charge in [-0.25, -0.2) is 0 Å². The molecule has 0 heterocycles. The van der Waals surface area contributed by atoms with E-state index < -0.39 is 31.1 Å². The third-order valence-electron chi connectivity index (χ3n) is 2.15. The van der Waals surface area contributed by atoms with Crippen LogP contribution < -0.4 is 0 Å². The van der Waals surface area contributed by atoms with E-state index in [0.717, 1.165) is 6.07 Å². The van der Waals surface area contributed by atoms with Crippen LogP contribution >= 0.6 is 23.2 Å². The normalized spacial score (nSPS) is 11.2. The molecule has 0 bridgehead atoms. The molecule has 4 nitrogen and oxygen atoms in total. The summed E-state index contributed by atoms with van der Waals surface area (Å²) >= 11 is 11.3. The molecular weight excluding hydrogens is 322 g/mol. The lowest BCUT2D eigenvalue weighted by molar-refractivity contribution is -0.149. The Kier molecular flexibility index (Phi) is 5.24. The highest BCUT2D eigenvalue weighted by molar-refractivity contribution is 6.42. The van der Waals surface area contributed by atoms with Crippen LogP contribution in [0.1, 0.15) is 10.4 Å². The Bertz CT molecular complexity index is 534. The molecule has 1 aromatic rings. The van der Waals surface area contributed by atoms with Gasteiger partial charge in [-0.15, -0.1) is 0 Å². The second-order valence-corrected chi connectivity index (χ2v) is 4.61. The largest absolute Gasteiger partial charge is 0.480 e. The standard InChI is InChI=1S/C11H8Cl2F3NO3/c12-7-2-1-6(3-8(7)13)10(20)17(4-9(18)19)5-11(14,15)16/h1-3H,4-5H2,(H,18,19). The number of aliphatic carboxylic acids is 1. The fourth-order valence-corrected chi connectivity index (χ4v) is 1.69. The van der Waals surface area contributed by atoms with Gasteiger partial charge < -0.3 is 10.0 Å². The van der Waals surface area contributed by atoms with Crippen LogP contribution in [0, 0.1) is 0 Å². The van der Waals surface area contributed by atoms with E-state index in [-0.39, 0.29) is 20.5 Å². The lowest BCUT2D eigenvalue weighted by atomic mass is 10.2. The number of alkyl halides is 3. The van der Waals surface area contributed by atoms with Crippen molar-refractivity contribution in [3.8, 4) is 0 Å². The molecule has 0 fully saturated rings. The number of hydrogen-bond acceptors (Lipinski definition) is 2. The van der Waals surface area contributed by atoms with Crippen LogP contribution in [0.3, 0.4) is 0 Å². The molecule has 1 aromatic carbocycles. The number of carboxylic acids is 1. The zero-order valence-electron chi connectivity index (χ0n) is 9.75. The van der Waals surface area contributed by atoms with Gasteiger partial charge in [-0.1, -0.05) is 23.2 Å². The summed E-state index contributed by atoms with van der Waals surface area (Å²) < 4.78 is 37.0. The maximum atomic E-state index is 12.3. The number of amides is 1. The van der Waals surface area contributed by atoms with Crippen molar-refractivity contribution in [3.63, 3.8) is 0 Å². The lowest BCUT2D eigenvalue weighted by Crippen LogP contribution is -2.42. The molecule has 0 aliphatic carbocycles. The molecule has 1 amide bonds. The number of rotatable bonds is 4. The predicted octanol–water partition coefficient (Wildman–Crippen LogP) is 3.08. The van der Waals surface area contributed by atoms with E-state index in [9.17, 15) is 22.8 Å². The van der Waals surface area contributed by atoms with E-state index in [1.807, 2.05) is 0 Å². The third kappa shape index (κ3) is 4.90. The highest BCUT2D eigenvalue weighted by atomic mass is 35.5. The molecule has 0 atom stereocenters. The monoisotopic (exact) mass is 329 g/mol. The Hall–Kier alpha value is -1.47. The van der Waals surface area contributed by atoms with Gasteiger partial charge in [-0.2, -0.15) is 13.2 Å². The predicted molar refractivity (Wildman–Crippen MR) is 66.1 cm³/mol. The van der Waals surface area contributed by atoms with Gasteiger partial charge in [0.05, 0.1) is 10.0 Å². The smallest absolute Gasteiger partial charge is 0.406 e. The minimum absolute atomic E-state index is 0.0141. The third-order valence-corrected chi connectivity index (χ3v) is 2.89. The number of halogens is 5. The Labute approximate surface area is 121 Å². The maximum absolute atomic E-state index is 12.3. The zero-order valence-corrected chi connectivity index (χ0v) is 11.3. The van der Waals surface area contributed by atoms with Crippen LogP contribution in [0.25, 0.3) is 0 Å². The van der Waals surface area contributed by atoms with Gasteiger partial charge >= 0.3 is 12.1 Å². The molecule has 20 heavy (non-hydrogen) atoms. The summed E-state index contributed by atoms with van der Waals surface area (Å²) in [5, 5.41) is 8.68. The van der Waals surface area contributed by atoms with Crippen molar-refractivity contribution < 1.29 is 27.9 Å². The Morgan fingerprint density at radius 2 is 1.80 bits per heavy atom. The quantitative estimate of drug-likeness (QED) is 0.923. The summed E-state index contributed by atoms with van der Waals surface area (Å²) in [5.41, 5.74) is -0.176. The van der Waals surface area contributed by atoms with Crippen molar-refractivity contribution >= 4 is 35.1 Å².